The molecular formula is C20H32FIN4O2. The Labute approximate surface area is 184 Å². The minimum atomic E-state index is -0.213. The first kappa shape index (κ1) is 24.5. The standard InChI is InChI=1S/C20H31FN4O2.HI/c1-2-27-19(26)7-5-3-4-6-12-23-20(22)25-15-13-24(14-16-25)18-10-8-17(21)9-11-18;/h8-11H,2-7,12-16H2,1H3,(H2,22,23);1H. The third kappa shape index (κ3) is 8.62. The van der Waals surface area contributed by atoms with E-state index in [2.05, 4.69) is 14.8 Å². The molecule has 0 aromatic heterocycles. The first-order valence-corrected chi connectivity index (χ1v) is 9.81. The molecule has 1 aliphatic rings. The zero-order chi connectivity index (χ0) is 19.5. The van der Waals surface area contributed by atoms with Gasteiger partial charge in [-0.25, -0.2) is 4.39 Å². The summed E-state index contributed by atoms with van der Waals surface area (Å²) in [6.45, 7) is 6.29. The van der Waals surface area contributed by atoms with Gasteiger partial charge in [-0.15, -0.1) is 24.0 Å². The third-order valence-electron chi connectivity index (χ3n) is 4.66. The third-order valence-corrected chi connectivity index (χ3v) is 4.66. The number of benzene rings is 1. The summed E-state index contributed by atoms with van der Waals surface area (Å²) >= 11 is 0. The monoisotopic (exact) mass is 506 g/mol. The number of piperazine rings is 1. The van der Waals surface area contributed by atoms with Crippen LogP contribution in [0.5, 0.6) is 0 Å². The molecule has 0 radical (unpaired) electrons. The summed E-state index contributed by atoms with van der Waals surface area (Å²) < 4.78 is 17.9. The van der Waals surface area contributed by atoms with Crippen LogP contribution in [0.2, 0.25) is 0 Å². The highest BCUT2D eigenvalue weighted by molar-refractivity contribution is 14.0. The van der Waals surface area contributed by atoms with E-state index in [4.69, 9.17) is 10.5 Å². The predicted octanol–water partition coefficient (Wildman–Crippen LogP) is 3.39. The molecule has 1 aromatic rings. The molecule has 158 valence electrons. The maximum atomic E-state index is 13.0. The fraction of sp³-hybridized carbons (Fsp3) is 0.600. The largest absolute Gasteiger partial charge is 0.466 e. The molecule has 1 aromatic carbocycles. The Morgan fingerprint density at radius 2 is 1.75 bits per heavy atom. The Morgan fingerprint density at radius 3 is 2.39 bits per heavy atom. The molecule has 0 saturated carbocycles. The summed E-state index contributed by atoms with van der Waals surface area (Å²) in [7, 11) is 0. The van der Waals surface area contributed by atoms with Gasteiger partial charge in [0.05, 0.1) is 6.61 Å². The molecule has 1 fully saturated rings. The first-order valence-electron chi connectivity index (χ1n) is 9.81. The Bertz CT molecular complexity index is 605. The van der Waals surface area contributed by atoms with Crippen molar-refractivity contribution >= 4 is 41.6 Å². The van der Waals surface area contributed by atoms with Gasteiger partial charge in [-0.3, -0.25) is 9.79 Å². The molecule has 1 aliphatic heterocycles. The normalized spacial score (nSPS) is 14.6. The van der Waals surface area contributed by atoms with Gasteiger partial charge >= 0.3 is 5.97 Å². The van der Waals surface area contributed by atoms with Crippen LogP contribution in [0, 0.1) is 5.82 Å². The maximum absolute atomic E-state index is 13.0. The fourth-order valence-corrected chi connectivity index (χ4v) is 3.11. The molecular weight excluding hydrogens is 474 g/mol. The number of nitrogens with zero attached hydrogens (tertiary/aromatic N) is 3. The number of nitrogens with two attached hydrogens (primary N) is 1. The van der Waals surface area contributed by atoms with E-state index in [1.165, 1.54) is 12.1 Å². The smallest absolute Gasteiger partial charge is 0.305 e. The Balaban J connectivity index is 0.00000392. The van der Waals surface area contributed by atoms with E-state index < -0.39 is 0 Å². The second kappa shape index (κ2) is 13.6. The molecule has 2 N–H and O–H groups in total. The fourth-order valence-electron chi connectivity index (χ4n) is 3.11. The van der Waals surface area contributed by atoms with Crippen LogP contribution < -0.4 is 10.6 Å². The van der Waals surface area contributed by atoms with Gasteiger partial charge in [-0.2, -0.15) is 0 Å². The Hall–Kier alpha value is -1.58. The number of carbonyl (C=O) groups excluding carboxylic acids is 1. The lowest BCUT2D eigenvalue weighted by Crippen LogP contribution is -2.51. The number of hydrogen-bond donors (Lipinski definition) is 1. The van der Waals surface area contributed by atoms with Crippen molar-refractivity contribution in [3.63, 3.8) is 0 Å². The van der Waals surface area contributed by atoms with Gasteiger partial charge in [0, 0.05) is 44.8 Å². The highest BCUT2D eigenvalue weighted by atomic mass is 127. The van der Waals surface area contributed by atoms with Crippen molar-refractivity contribution in [2.75, 3.05) is 44.2 Å². The molecule has 0 unspecified atom stereocenters. The summed E-state index contributed by atoms with van der Waals surface area (Å²) in [5.41, 5.74) is 7.15. The van der Waals surface area contributed by atoms with E-state index in [0.29, 0.717) is 25.5 Å². The quantitative estimate of drug-likeness (QED) is 0.183. The van der Waals surface area contributed by atoms with Crippen molar-refractivity contribution < 1.29 is 13.9 Å². The van der Waals surface area contributed by atoms with Gasteiger partial charge in [-0.05, 0) is 44.0 Å². The Morgan fingerprint density at radius 1 is 1.11 bits per heavy atom. The van der Waals surface area contributed by atoms with Crippen molar-refractivity contribution in [3.05, 3.63) is 30.1 Å². The number of ether oxygens (including phenoxy) is 1. The van der Waals surface area contributed by atoms with Crippen LogP contribution in [0.4, 0.5) is 10.1 Å². The van der Waals surface area contributed by atoms with E-state index in [1.807, 2.05) is 19.1 Å². The molecule has 0 atom stereocenters. The van der Waals surface area contributed by atoms with Crippen LogP contribution in [0.25, 0.3) is 0 Å². The number of unbranched alkanes of at least 4 members (excludes halogenated alkanes) is 3. The van der Waals surface area contributed by atoms with Crippen LogP contribution in [-0.2, 0) is 9.53 Å². The van der Waals surface area contributed by atoms with Crippen LogP contribution in [0.15, 0.2) is 29.3 Å². The SMILES string of the molecule is CCOC(=O)CCCCCCN=C(N)N1CCN(c2ccc(F)cc2)CC1.I. The second-order valence-electron chi connectivity index (χ2n) is 6.66. The van der Waals surface area contributed by atoms with Crippen molar-refractivity contribution in [3.8, 4) is 0 Å². The number of halogens is 2. The number of esters is 1. The molecule has 8 heteroatoms. The number of guanidine groups is 1. The molecule has 6 nitrogen and oxygen atoms in total. The minimum absolute atomic E-state index is 0. The van der Waals surface area contributed by atoms with Crippen LogP contribution >= 0.6 is 24.0 Å². The average molecular weight is 506 g/mol. The molecule has 2 rings (SSSR count). The number of anilines is 1. The van der Waals surface area contributed by atoms with Crippen molar-refractivity contribution in [1.29, 1.82) is 0 Å². The molecule has 0 amide bonds. The molecule has 28 heavy (non-hydrogen) atoms. The van der Waals surface area contributed by atoms with E-state index in [1.54, 1.807) is 0 Å². The van der Waals surface area contributed by atoms with Gasteiger partial charge in [0.1, 0.15) is 5.82 Å². The summed E-state index contributed by atoms with van der Waals surface area (Å²) in [4.78, 5) is 20.0. The number of rotatable bonds is 9. The lowest BCUT2D eigenvalue weighted by atomic mass is 10.1. The Kier molecular flexibility index (Phi) is 11.9. The van der Waals surface area contributed by atoms with E-state index in [0.717, 1.165) is 57.5 Å². The molecule has 1 saturated heterocycles. The summed E-state index contributed by atoms with van der Waals surface area (Å²) in [6, 6.07) is 6.60. The maximum Gasteiger partial charge on any atom is 0.305 e. The first-order chi connectivity index (χ1) is 13.1. The van der Waals surface area contributed by atoms with Gasteiger partial charge in [-0.1, -0.05) is 12.8 Å². The predicted molar refractivity (Wildman–Crippen MR) is 122 cm³/mol. The van der Waals surface area contributed by atoms with Gasteiger partial charge in [0.25, 0.3) is 0 Å². The number of carbonyl (C=O) groups is 1. The summed E-state index contributed by atoms with van der Waals surface area (Å²) in [6.07, 6.45) is 4.37. The molecule has 0 spiro atoms. The van der Waals surface area contributed by atoms with Gasteiger partial charge < -0.3 is 20.3 Å². The minimum Gasteiger partial charge on any atom is -0.466 e. The summed E-state index contributed by atoms with van der Waals surface area (Å²) in [5, 5.41) is 0. The topological polar surface area (TPSA) is 71.2 Å². The van der Waals surface area contributed by atoms with Crippen LogP contribution in [0.1, 0.15) is 39.0 Å². The zero-order valence-electron chi connectivity index (χ0n) is 16.6. The number of aliphatic imine (C=N–C) groups is 1. The van der Waals surface area contributed by atoms with Crippen LogP contribution in [-0.4, -0.2) is 56.2 Å². The zero-order valence-corrected chi connectivity index (χ0v) is 18.9. The lowest BCUT2D eigenvalue weighted by Gasteiger charge is -2.36. The van der Waals surface area contributed by atoms with E-state index in [9.17, 15) is 9.18 Å². The van der Waals surface area contributed by atoms with Gasteiger partial charge in [0.15, 0.2) is 5.96 Å². The van der Waals surface area contributed by atoms with E-state index in [-0.39, 0.29) is 35.8 Å². The molecule has 0 aliphatic carbocycles. The second-order valence-corrected chi connectivity index (χ2v) is 6.66. The molecule has 1 heterocycles. The van der Waals surface area contributed by atoms with Gasteiger partial charge in [0.2, 0.25) is 0 Å². The highest BCUT2D eigenvalue weighted by Gasteiger charge is 2.18. The lowest BCUT2D eigenvalue weighted by molar-refractivity contribution is -0.143. The van der Waals surface area contributed by atoms with Crippen molar-refractivity contribution in [2.24, 2.45) is 10.7 Å². The highest BCUT2D eigenvalue weighted by Crippen LogP contribution is 2.16. The van der Waals surface area contributed by atoms with Crippen molar-refractivity contribution in [2.45, 2.75) is 39.0 Å². The van der Waals surface area contributed by atoms with Crippen LogP contribution in [0.3, 0.4) is 0 Å². The number of hydrogen-bond acceptors (Lipinski definition) is 4. The average Bonchev–Trinajstić information content (AvgIpc) is 2.68. The summed E-state index contributed by atoms with van der Waals surface area (Å²) in [5.74, 6) is 0.273. The van der Waals surface area contributed by atoms with Crippen molar-refractivity contribution in [1.82, 2.24) is 4.90 Å². The van der Waals surface area contributed by atoms with E-state index >= 15 is 0 Å². The molecule has 0 bridgehead atoms.